The van der Waals surface area contributed by atoms with E-state index in [0.29, 0.717) is 0 Å². The summed E-state index contributed by atoms with van der Waals surface area (Å²) in [6, 6.07) is 56.5. The third kappa shape index (κ3) is 4.38. The molecular weight excluding hydrogens is 621 g/mol. The summed E-state index contributed by atoms with van der Waals surface area (Å²) in [6.45, 7) is 0. The highest BCUT2D eigenvalue weighted by Crippen LogP contribution is 2.42. The van der Waals surface area contributed by atoms with Gasteiger partial charge >= 0.3 is 0 Å². The molecule has 7 aromatic carbocycles. The molecule has 0 N–H and O–H groups in total. The van der Waals surface area contributed by atoms with Crippen molar-refractivity contribution in [2.45, 2.75) is 0 Å². The highest BCUT2D eigenvalue weighted by atomic mass is 32.1. The smallest absolute Gasteiger partial charge is 0.0973 e. The van der Waals surface area contributed by atoms with E-state index in [1.54, 1.807) is 0 Å². The number of benzene rings is 7. The Hall–Kier alpha value is -5.68. The monoisotopic (exact) mass is 646 g/mol. The van der Waals surface area contributed by atoms with Crippen LogP contribution in [0.4, 0.5) is 0 Å². The first-order valence-electron chi connectivity index (χ1n) is 16.1. The molecule has 0 aliphatic heterocycles. The molecule has 0 radical (unpaired) electrons. The quantitative estimate of drug-likeness (QED) is 0.190. The summed E-state index contributed by atoms with van der Waals surface area (Å²) in [7, 11) is 0. The van der Waals surface area contributed by atoms with E-state index in [4.69, 9.17) is 9.97 Å². The molecule has 2 nitrogen and oxygen atoms in total. The number of hydrogen-bond donors (Lipinski definition) is 0. The van der Waals surface area contributed by atoms with Crippen molar-refractivity contribution >= 4 is 74.1 Å². The van der Waals surface area contributed by atoms with Crippen LogP contribution in [0.2, 0.25) is 0 Å². The summed E-state index contributed by atoms with van der Waals surface area (Å²) in [5.41, 5.74) is 10.6. The fourth-order valence-corrected chi connectivity index (χ4v) is 9.38. The Labute approximate surface area is 285 Å². The molecule has 0 saturated carbocycles. The Balaban J connectivity index is 1.08. The van der Waals surface area contributed by atoms with Crippen molar-refractivity contribution in [2.75, 3.05) is 0 Å². The fraction of sp³-hybridized carbons (Fsp3) is 0. The third-order valence-electron chi connectivity index (χ3n) is 9.32. The van der Waals surface area contributed by atoms with Crippen molar-refractivity contribution in [2.24, 2.45) is 0 Å². The molecule has 0 aliphatic rings. The van der Waals surface area contributed by atoms with Gasteiger partial charge in [-0.25, -0.2) is 9.97 Å². The maximum atomic E-state index is 5.19. The lowest BCUT2D eigenvalue weighted by Gasteiger charge is -2.12. The Morgan fingerprint density at radius 3 is 1.50 bits per heavy atom. The van der Waals surface area contributed by atoms with Crippen LogP contribution in [0.15, 0.2) is 158 Å². The minimum atomic E-state index is 0.888. The lowest BCUT2D eigenvalue weighted by molar-refractivity contribution is 1.29. The van der Waals surface area contributed by atoms with E-state index >= 15 is 0 Å². The molecule has 4 heteroatoms. The molecule has 48 heavy (non-hydrogen) atoms. The standard InChI is InChI=1S/C44H26N2S2/c1-5-16-38-33(9-1)34-13-7-12-32(44(34)48-38)28-21-25-30(26-22-28)43-42(45-36-14-3-4-15-37(36)46-43)29-23-19-27(20-24-29)31-11-8-18-40-41(31)35-10-2-6-17-39(35)47-40/h1-26H. The molecule has 0 fully saturated rings. The van der Waals surface area contributed by atoms with Gasteiger partial charge in [-0.15, -0.1) is 22.7 Å². The minimum absolute atomic E-state index is 0.888. The van der Waals surface area contributed by atoms with Crippen LogP contribution in [-0.2, 0) is 0 Å². The van der Waals surface area contributed by atoms with Crippen molar-refractivity contribution in [1.29, 1.82) is 0 Å². The summed E-state index contributed by atoms with van der Waals surface area (Å²) in [5, 5.41) is 5.26. The Bertz CT molecular complexity index is 2830. The molecule has 0 unspecified atom stereocenters. The first kappa shape index (κ1) is 27.4. The summed E-state index contributed by atoms with van der Waals surface area (Å²) in [6.07, 6.45) is 0. The van der Waals surface area contributed by atoms with Crippen LogP contribution < -0.4 is 0 Å². The van der Waals surface area contributed by atoms with Crippen molar-refractivity contribution in [1.82, 2.24) is 9.97 Å². The summed E-state index contributed by atoms with van der Waals surface area (Å²) < 4.78 is 5.27. The van der Waals surface area contributed by atoms with E-state index in [9.17, 15) is 0 Å². The van der Waals surface area contributed by atoms with Crippen molar-refractivity contribution < 1.29 is 0 Å². The molecule has 10 rings (SSSR count). The minimum Gasteiger partial charge on any atom is -0.244 e. The second kappa shape index (κ2) is 11.0. The van der Waals surface area contributed by atoms with Crippen molar-refractivity contribution in [3.8, 4) is 44.8 Å². The number of nitrogens with zero attached hydrogens (tertiary/aromatic N) is 2. The van der Waals surface area contributed by atoms with Crippen LogP contribution in [0.25, 0.3) is 96.1 Å². The van der Waals surface area contributed by atoms with Crippen LogP contribution in [0.1, 0.15) is 0 Å². The highest BCUT2D eigenvalue weighted by molar-refractivity contribution is 7.26. The largest absolute Gasteiger partial charge is 0.244 e. The predicted molar refractivity (Wildman–Crippen MR) is 207 cm³/mol. The van der Waals surface area contributed by atoms with E-state index < -0.39 is 0 Å². The zero-order valence-electron chi connectivity index (χ0n) is 25.7. The summed E-state index contributed by atoms with van der Waals surface area (Å²) >= 11 is 3.72. The van der Waals surface area contributed by atoms with E-state index in [-0.39, 0.29) is 0 Å². The zero-order valence-corrected chi connectivity index (χ0v) is 27.4. The molecule has 0 amide bonds. The fourth-order valence-electron chi connectivity index (χ4n) is 7.01. The number of para-hydroxylation sites is 2. The van der Waals surface area contributed by atoms with Crippen LogP contribution in [0.5, 0.6) is 0 Å². The van der Waals surface area contributed by atoms with Crippen molar-refractivity contribution in [3.05, 3.63) is 158 Å². The number of aromatic nitrogens is 2. The Kier molecular flexibility index (Phi) is 6.26. The van der Waals surface area contributed by atoms with Gasteiger partial charge < -0.3 is 0 Å². The lowest BCUT2D eigenvalue weighted by atomic mass is 9.96. The van der Waals surface area contributed by atoms with Gasteiger partial charge in [0.2, 0.25) is 0 Å². The zero-order chi connectivity index (χ0) is 31.6. The number of rotatable bonds is 4. The first-order chi connectivity index (χ1) is 23.8. The topological polar surface area (TPSA) is 25.8 Å². The van der Waals surface area contributed by atoms with Gasteiger partial charge in [0.25, 0.3) is 0 Å². The average Bonchev–Trinajstić information content (AvgIpc) is 3.73. The van der Waals surface area contributed by atoms with Gasteiger partial charge in [-0.2, -0.15) is 0 Å². The molecule has 0 saturated heterocycles. The van der Waals surface area contributed by atoms with E-state index in [1.807, 2.05) is 46.9 Å². The molecule has 10 aromatic rings. The summed E-state index contributed by atoms with van der Waals surface area (Å²) in [5.74, 6) is 0. The summed E-state index contributed by atoms with van der Waals surface area (Å²) in [4.78, 5) is 10.4. The Morgan fingerprint density at radius 1 is 0.333 bits per heavy atom. The average molecular weight is 647 g/mol. The second-order valence-corrected chi connectivity index (χ2v) is 14.3. The Morgan fingerprint density at radius 2 is 0.812 bits per heavy atom. The second-order valence-electron chi connectivity index (χ2n) is 12.1. The molecule has 0 atom stereocenters. The van der Waals surface area contributed by atoms with Crippen LogP contribution in [0, 0.1) is 0 Å². The number of fused-ring (bicyclic) bond motifs is 7. The van der Waals surface area contributed by atoms with Crippen LogP contribution >= 0.6 is 22.7 Å². The van der Waals surface area contributed by atoms with Gasteiger partial charge in [0.05, 0.1) is 22.4 Å². The van der Waals surface area contributed by atoms with Crippen LogP contribution in [-0.4, -0.2) is 9.97 Å². The maximum Gasteiger partial charge on any atom is 0.0973 e. The van der Waals surface area contributed by atoms with Crippen molar-refractivity contribution in [3.63, 3.8) is 0 Å². The SMILES string of the molecule is c1ccc2nc(-c3ccc(-c4cccc5sc6ccccc6c45)cc3)c(-c3ccc(-c4cccc5c4sc4ccccc45)cc3)nc2c1. The molecule has 0 aliphatic carbocycles. The van der Waals surface area contributed by atoms with E-state index in [0.717, 1.165) is 33.5 Å². The van der Waals surface area contributed by atoms with E-state index in [1.165, 1.54) is 62.6 Å². The molecule has 0 bridgehead atoms. The lowest BCUT2D eigenvalue weighted by Crippen LogP contribution is -1.95. The predicted octanol–water partition coefficient (Wildman–Crippen LogP) is 13.0. The van der Waals surface area contributed by atoms with Gasteiger partial charge in [-0.3, -0.25) is 0 Å². The normalized spacial score (nSPS) is 11.8. The molecule has 0 spiro atoms. The van der Waals surface area contributed by atoms with Gasteiger partial charge in [0, 0.05) is 51.5 Å². The molecule has 3 heterocycles. The van der Waals surface area contributed by atoms with Gasteiger partial charge in [-0.1, -0.05) is 127 Å². The third-order valence-corrected chi connectivity index (χ3v) is 11.7. The molecular formula is C44H26N2S2. The van der Waals surface area contributed by atoms with Gasteiger partial charge in [0.1, 0.15) is 0 Å². The van der Waals surface area contributed by atoms with Gasteiger partial charge in [-0.05, 0) is 52.6 Å². The highest BCUT2D eigenvalue weighted by Gasteiger charge is 2.16. The number of hydrogen-bond acceptors (Lipinski definition) is 4. The van der Waals surface area contributed by atoms with Gasteiger partial charge in [0.15, 0.2) is 0 Å². The van der Waals surface area contributed by atoms with E-state index in [2.05, 4.69) is 133 Å². The maximum absolute atomic E-state index is 5.19. The number of thiophene rings is 2. The first-order valence-corrected chi connectivity index (χ1v) is 17.7. The molecule has 3 aromatic heterocycles. The molecule has 224 valence electrons. The van der Waals surface area contributed by atoms with Crippen LogP contribution in [0.3, 0.4) is 0 Å².